The first-order valence-corrected chi connectivity index (χ1v) is 7.81. The van der Waals surface area contributed by atoms with Crippen LogP contribution in [0.3, 0.4) is 0 Å². The first kappa shape index (κ1) is 15.7. The van der Waals surface area contributed by atoms with Crippen molar-refractivity contribution in [2.24, 2.45) is 5.92 Å². The predicted octanol–water partition coefficient (Wildman–Crippen LogP) is 3.50. The highest BCUT2D eigenvalue weighted by atomic mass is 79.9. The summed E-state index contributed by atoms with van der Waals surface area (Å²) in [5, 5.41) is 11.6. The van der Waals surface area contributed by atoms with E-state index in [-0.39, 0.29) is 12.5 Å². The van der Waals surface area contributed by atoms with Gasteiger partial charge in [0.15, 0.2) is 0 Å². The molecule has 0 radical (unpaired) electrons. The molecule has 0 spiro atoms. The minimum atomic E-state index is -0.870. The quantitative estimate of drug-likeness (QED) is 0.770. The van der Waals surface area contributed by atoms with Gasteiger partial charge in [-0.3, -0.25) is 9.59 Å². The summed E-state index contributed by atoms with van der Waals surface area (Å²) in [6.45, 7) is 2.08. The average Bonchev–Trinajstić information content (AvgIpc) is 2.64. The van der Waals surface area contributed by atoms with Crippen LogP contribution < -0.4 is 5.32 Å². The Morgan fingerprint density at radius 1 is 1.50 bits per heavy atom. The van der Waals surface area contributed by atoms with Crippen molar-refractivity contribution in [1.82, 2.24) is 5.32 Å². The van der Waals surface area contributed by atoms with Gasteiger partial charge in [-0.05, 0) is 44.3 Å². The van der Waals surface area contributed by atoms with Crippen LogP contribution in [0.4, 0.5) is 0 Å². The summed E-state index contributed by atoms with van der Waals surface area (Å²) < 4.78 is 1.66. The van der Waals surface area contributed by atoms with Crippen LogP contribution in [0.2, 0.25) is 0 Å². The maximum Gasteiger partial charge on any atom is 0.308 e. The lowest BCUT2D eigenvalue weighted by Crippen LogP contribution is -2.32. The van der Waals surface area contributed by atoms with Crippen molar-refractivity contribution in [1.29, 1.82) is 0 Å². The Hall–Kier alpha value is -0.400. The molecule has 1 amide bonds. The molecular formula is C11H13Br2NO3S. The van der Waals surface area contributed by atoms with Crippen molar-refractivity contribution in [2.45, 2.75) is 19.8 Å². The summed E-state index contributed by atoms with van der Waals surface area (Å²) >= 11 is 7.92. The van der Waals surface area contributed by atoms with Crippen molar-refractivity contribution >= 4 is 55.1 Å². The van der Waals surface area contributed by atoms with Crippen molar-refractivity contribution in [2.75, 3.05) is 6.54 Å². The lowest BCUT2D eigenvalue weighted by Gasteiger charge is -2.11. The molecule has 1 aromatic heterocycles. The largest absolute Gasteiger partial charge is 0.481 e. The van der Waals surface area contributed by atoms with E-state index in [0.29, 0.717) is 11.3 Å². The highest BCUT2D eigenvalue weighted by Crippen LogP contribution is 2.32. The van der Waals surface area contributed by atoms with E-state index in [2.05, 4.69) is 37.2 Å². The van der Waals surface area contributed by atoms with Gasteiger partial charge >= 0.3 is 5.97 Å². The molecule has 0 saturated heterocycles. The van der Waals surface area contributed by atoms with Gasteiger partial charge in [0.05, 0.1) is 14.6 Å². The summed E-state index contributed by atoms with van der Waals surface area (Å²) in [6.07, 6.45) is 1.34. The second-order valence-electron chi connectivity index (χ2n) is 3.77. The van der Waals surface area contributed by atoms with Crippen LogP contribution >= 0.6 is 43.2 Å². The molecule has 1 unspecified atom stereocenters. The third kappa shape index (κ3) is 4.37. The van der Waals surface area contributed by atoms with Crippen molar-refractivity contribution in [3.63, 3.8) is 0 Å². The second-order valence-corrected chi connectivity index (χ2v) is 6.99. The maximum absolute atomic E-state index is 11.8. The van der Waals surface area contributed by atoms with E-state index in [1.165, 1.54) is 11.3 Å². The molecule has 1 atom stereocenters. The minimum absolute atomic E-state index is 0.162. The van der Waals surface area contributed by atoms with E-state index < -0.39 is 11.9 Å². The van der Waals surface area contributed by atoms with Crippen LogP contribution in [-0.4, -0.2) is 23.5 Å². The van der Waals surface area contributed by atoms with E-state index in [1.807, 2.05) is 6.92 Å². The topological polar surface area (TPSA) is 66.4 Å². The normalized spacial score (nSPS) is 12.2. The zero-order valence-corrected chi connectivity index (χ0v) is 13.7. The third-order valence-corrected chi connectivity index (χ3v) is 5.62. The molecule has 4 nitrogen and oxygen atoms in total. The fraction of sp³-hybridized carbons (Fsp3) is 0.455. The van der Waals surface area contributed by atoms with E-state index >= 15 is 0 Å². The number of carboxylic acids is 1. The van der Waals surface area contributed by atoms with Gasteiger partial charge in [0.25, 0.3) is 5.91 Å². The number of carbonyl (C=O) groups excluding carboxylic acids is 1. The second kappa shape index (κ2) is 7.25. The molecule has 0 saturated carbocycles. The summed E-state index contributed by atoms with van der Waals surface area (Å²) in [7, 11) is 0. The Kier molecular flexibility index (Phi) is 6.31. The SMILES string of the molecule is CCCC(CNC(=O)c1cc(Br)c(Br)s1)C(=O)O. The lowest BCUT2D eigenvalue weighted by molar-refractivity contribution is -0.141. The fourth-order valence-electron chi connectivity index (χ4n) is 1.42. The zero-order chi connectivity index (χ0) is 13.7. The molecule has 2 N–H and O–H groups in total. The summed E-state index contributed by atoms with van der Waals surface area (Å²) in [4.78, 5) is 23.3. The number of amides is 1. The zero-order valence-electron chi connectivity index (χ0n) is 9.70. The standard InChI is InChI=1S/C11H13Br2NO3S/c1-2-3-6(11(16)17)5-14-10(15)8-4-7(12)9(13)18-8/h4,6H,2-3,5H2,1H3,(H,14,15)(H,16,17). The fourth-order valence-corrected chi connectivity index (χ4v) is 3.37. The van der Waals surface area contributed by atoms with E-state index in [4.69, 9.17) is 5.11 Å². The molecule has 18 heavy (non-hydrogen) atoms. The molecule has 0 fully saturated rings. The number of rotatable bonds is 6. The van der Waals surface area contributed by atoms with Crippen LogP contribution in [0.15, 0.2) is 14.3 Å². The van der Waals surface area contributed by atoms with Crippen LogP contribution in [-0.2, 0) is 4.79 Å². The molecule has 0 bridgehead atoms. The van der Waals surface area contributed by atoms with Crippen molar-refractivity contribution in [3.05, 3.63) is 19.2 Å². The van der Waals surface area contributed by atoms with Gasteiger partial charge in [-0.1, -0.05) is 13.3 Å². The Morgan fingerprint density at radius 2 is 2.17 bits per heavy atom. The lowest BCUT2D eigenvalue weighted by atomic mass is 10.0. The number of carbonyl (C=O) groups is 2. The van der Waals surface area contributed by atoms with Gasteiger partial charge in [-0.2, -0.15) is 0 Å². The maximum atomic E-state index is 11.8. The van der Waals surface area contributed by atoms with E-state index in [1.54, 1.807) is 6.07 Å². The van der Waals surface area contributed by atoms with Crippen LogP contribution in [0, 0.1) is 5.92 Å². The highest BCUT2D eigenvalue weighted by Gasteiger charge is 2.18. The van der Waals surface area contributed by atoms with E-state index in [9.17, 15) is 9.59 Å². The van der Waals surface area contributed by atoms with Crippen LogP contribution in [0.1, 0.15) is 29.4 Å². The average molecular weight is 399 g/mol. The molecule has 0 aromatic carbocycles. The number of nitrogens with one attached hydrogen (secondary N) is 1. The molecule has 1 rings (SSSR count). The first-order chi connectivity index (χ1) is 8.45. The molecule has 7 heteroatoms. The molecule has 1 aromatic rings. The van der Waals surface area contributed by atoms with Crippen LogP contribution in [0.25, 0.3) is 0 Å². The first-order valence-electron chi connectivity index (χ1n) is 5.41. The number of aliphatic carboxylic acids is 1. The number of hydrogen-bond acceptors (Lipinski definition) is 3. The molecule has 0 aliphatic rings. The Morgan fingerprint density at radius 3 is 2.61 bits per heavy atom. The predicted molar refractivity (Wildman–Crippen MR) is 78.1 cm³/mol. The van der Waals surface area contributed by atoms with E-state index in [0.717, 1.165) is 14.7 Å². The van der Waals surface area contributed by atoms with Gasteiger partial charge in [0, 0.05) is 11.0 Å². The number of hydrogen-bond donors (Lipinski definition) is 2. The third-order valence-electron chi connectivity index (χ3n) is 2.36. The van der Waals surface area contributed by atoms with Gasteiger partial charge < -0.3 is 10.4 Å². The Balaban J connectivity index is 2.57. The molecule has 1 heterocycles. The summed E-state index contributed by atoms with van der Waals surface area (Å²) in [5.41, 5.74) is 0. The van der Waals surface area contributed by atoms with Crippen LogP contribution in [0.5, 0.6) is 0 Å². The van der Waals surface area contributed by atoms with Crippen molar-refractivity contribution < 1.29 is 14.7 Å². The Labute approximate surface area is 126 Å². The molecule has 0 aliphatic heterocycles. The van der Waals surface area contributed by atoms with Gasteiger partial charge in [-0.25, -0.2) is 0 Å². The van der Waals surface area contributed by atoms with Gasteiger partial charge in [0.2, 0.25) is 0 Å². The Bertz CT molecular complexity index is 428. The molecule has 100 valence electrons. The number of halogens is 2. The van der Waals surface area contributed by atoms with Gasteiger partial charge in [-0.15, -0.1) is 11.3 Å². The number of carboxylic acid groups (broad SMARTS) is 1. The molecular weight excluding hydrogens is 386 g/mol. The monoisotopic (exact) mass is 397 g/mol. The number of thiophene rings is 1. The smallest absolute Gasteiger partial charge is 0.308 e. The summed E-state index contributed by atoms with van der Waals surface area (Å²) in [6, 6.07) is 1.71. The highest BCUT2D eigenvalue weighted by molar-refractivity contribution is 9.13. The van der Waals surface area contributed by atoms with Gasteiger partial charge in [0.1, 0.15) is 0 Å². The minimum Gasteiger partial charge on any atom is -0.481 e. The molecule has 0 aliphatic carbocycles. The summed E-state index contributed by atoms with van der Waals surface area (Å²) in [5.74, 6) is -1.63. The van der Waals surface area contributed by atoms with Crippen molar-refractivity contribution in [3.8, 4) is 0 Å².